The van der Waals surface area contributed by atoms with Gasteiger partial charge in [-0.05, 0) is 43.9 Å². The summed E-state index contributed by atoms with van der Waals surface area (Å²) in [5.41, 5.74) is -4.20. The van der Waals surface area contributed by atoms with Crippen LogP contribution in [0.2, 0.25) is 0 Å². The topological polar surface area (TPSA) is 173 Å². The highest BCUT2D eigenvalue weighted by Crippen LogP contribution is 2.80. The molecule has 0 aromatic heterocycles. The van der Waals surface area contributed by atoms with E-state index in [9.17, 15) is 24.6 Å². The number of amides is 1. The largest absolute Gasteiger partial charge is 0.481 e. The number of hydrogen-bond donors (Lipinski definition) is 4. The lowest BCUT2D eigenvalue weighted by Crippen LogP contribution is -2.82. The van der Waals surface area contributed by atoms with Crippen LogP contribution in [0, 0.1) is 40.4 Å². The lowest BCUT2D eigenvalue weighted by molar-refractivity contribution is -0.320. The molecule has 14 atom stereocenters. The maximum atomic E-state index is 13.9. The number of nitrogens with zero attached hydrogens (tertiary/aromatic N) is 1. The smallest absolute Gasteiger partial charge is 0.340 e. The number of carbonyl (C=O) groups is 3. The number of aliphatic hydroxyl groups is 2. The lowest BCUT2D eigenvalue weighted by atomic mass is 9.42. The van der Waals surface area contributed by atoms with Gasteiger partial charge in [0.1, 0.15) is 11.2 Å². The van der Waals surface area contributed by atoms with Crippen LogP contribution in [0.1, 0.15) is 56.3 Å². The number of aliphatic carboxylic acids is 1. The van der Waals surface area contributed by atoms with Crippen LogP contribution in [0.3, 0.4) is 0 Å². The van der Waals surface area contributed by atoms with Crippen molar-refractivity contribution in [1.82, 2.24) is 4.90 Å². The Labute approximate surface area is 292 Å². The zero-order valence-corrected chi connectivity index (χ0v) is 29.8. The first-order chi connectivity index (χ1) is 23.8. The highest BCUT2D eigenvalue weighted by Gasteiger charge is 2.91. The molecule has 6 aliphatic rings. The predicted molar refractivity (Wildman–Crippen MR) is 178 cm³/mol. The number of hydrogen-bond acceptors (Lipinski definition) is 11. The summed E-state index contributed by atoms with van der Waals surface area (Å²) in [7, 11) is 6.66. The standard InChI is InChI=1S/C37H52N2O11/c1-7-39-17-34(18-50-32(43)20-10-8-9-11-23(20)38-31(42)19(2)14-26(40)41)13-12-25(47-4)36-22-15-21-24(46-3)16-35(44,27(22)28(21)48-5)37(45,33(36)39)30(49-6)29(34)36/h8-11,19,21-22,24-25,27-30,33,44-45H,7,12-18H2,1-6H3,(H,38,42)(H,40,41)/t19?,21?,22?,24-,25?,27?,28?,29?,30-,33?,34-,35+,36?,37-/m0/s1. The number of para-hydroxylation sites is 1. The number of nitrogens with one attached hydrogen (secondary N) is 1. The average molecular weight is 701 g/mol. The molecular weight excluding hydrogens is 648 g/mol. The Kier molecular flexibility index (Phi) is 8.93. The number of anilines is 1. The molecule has 1 aromatic rings. The first kappa shape index (κ1) is 35.7. The highest BCUT2D eigenvalue weighted by molar-refractivity contribution is 6.02. The van der Waals surface area contributed by atoms with Gasteiger partial charge in [0.25, 0.3) is 0 Å². The number of benzene rings is 1. The van der Waals surface area contributed by atoms with Crippen LogP contribution in [0.5, 0.6) is 0 Å². The van der Waals surface area contributed by atoms with Gasteiger partial charge in [0.05, 0.1) is 54.7 Å². The van der Waals surface area contributed by atoms with Gasteiger partial charge in [0.15, 0.2) is 0 Å². The number of methoxy groups -OCH3 is 4. The van der Waals surface area contributed by atoms with Crippen molar-refractivity contribution >= 4 is 23.5 Å². The third-order valence-electron chi connectivity index (χ3n) is 14.1. The van der Waals surface area contributed by atoms with Gasteiger partial charge >= 0.3 is 11.9 Å². The van der Waals surface area contributed by atoms with E-state index in [0.29, 0.717) is 25.9 Å². The second kappa shape index (κ2) is 12.5. The van der Waals surface area contributed by atoms with Gasteiger partial charge in [-0.15, -0.1) is 0 Å². The number of fused-ring (bicyclic) bond motifs is 2. The molecule has 9 unspecified atom stereocenters. The number of rotatable bonds is 12. The number of carbonyl (C=O) groups excluding carboxylic acids is 2. The van der Waals surface area contributed by atoms with Crippen LogP contribution in [-0.4, -0.2) is 128 Å². The van der Waals surface area contributed by atoms with Crippen molar-refractivity contribution in [2.24, 2.45) is 40.4 Å². The summed E-state index contributed by atoms with van der Waals surface area (Å²) >= 11 is 0. The molecule has 5 aliphatic carbocycles. The first-order valence-electron chi connectivity index (χ1n) is 17.9. The van der Waals surface area contributed by atoms with E-state index >= 15 is 0 Å². The maximum Gasteiger partial charge on any atom is 0.340 e. The average Bonchev–Trinajstić information content (AvgIpc) is 3.52. The van der Waals surface area contributed by atoms with E-state index in [1.54, 1.807) is 52.7 Å². The molecule has 6 fully saturated rings. The molecular formula is C37H52N2O11. The molecule has 1 heterocycles. The van der Waals surface area contributed by atoms with Crippen molar-refractivity contribution in [3.05, 3.63) is 29.8 Å². The number of piperidine rings is 1. The lowest BCUT2D eigenvalue weighted by Gasteiger charge is -2.70. The third kappa shape index (κ3) is 4.46. The molecule has 1 amide bonds. The van der Waals surface area contributed by atoms with E-state index in [4.69, 9.17) is 28.8 Å². The van der Waals surface area contributed by atoms with Crippen LogP contribution in [0.15, 0.2) is 24.3 Å². The molecule has 13 heteroatoms. The molecule has 4 N–H and O–H groups in total. The van der Waals surface area contributed by atoms with Gasteiger partial charge in [0, 0.05) is 75.9 Å². The van der Waals surface area contributed by atoms with E-state index in [-0.39, 0.29) is 72.7 Å². The van der Waals surface area contributed by atoms with Crippen LogP contribution >= 0.6 is 0 Å². The fourth-order valence-electron chi connectivity index (χ4n) is 12.7. The Hall–Kier alpha value is -2.65. The summed E-state index contributed by atoms with van der Waals surface area (Å²) in [6, 6.07) is 6.05. The van der Waals surface area contributed by atoms with Gasteiger partial charge < -0.3 is 44.3 Å². The maximum absolute atomic E-state index is 13.9. The fourth-order valence-corrected chi connectivity index (χ4v) is 12.7. The summed E-state index contributed by atoms with van der Waals surface area (Å²) in [4.78, 5) is 40.2. The Bertz CT molecular complexity index is 1530. The number of carboxylic acid groups (broad SMARTS) is 1. The second-order valence-electron chi connectivity index (χ2n) is 15.8. The minimum Gasteiger partial charge on any atom is -0.481 e. The Morgan fingerprint density at radius 2 is 1.80 bits per heavy atom. The van der Waals surface area contributed by atoms with Gasteiger partial charge in [-0.2, -0.15) is 0 Å². The molecule has 1 saturated heterocycles. The number of likely N-dealkylation sites (N-methyl/N-ethyl adjacent to an activating group) is 1. The van der Waals surface area contributed by atoms with E-state index in [1.807, 2.05) is 0 Å². The highest BCUT2D eigenvalue weighted by atomic mass is 16.5. The zero-order valence-electron chi connectivity index (χ0n) is 29.8. The summed E-state index contributed by atoms with van der Waals surface area (Å²) in [6.07, 6.45) is 0.295. The monoisotopic (exact) mass is 700 g/mol. The molecule has 1 aromatic carbocycles. The van der Waals surface area contributed by atoms with E-state index in [2.05, 4.69) is 17.1 Å². The van der Waals surface area contributed by atoms with Gasteiger partial charge in [-0.25, -0.2) is 4.79 Å². The molecule has 1 spiro atoms. The van der Waals surface area contributed by atoms with Gasteiger partial charge in [-0.3, -0.25) is 14.5 Å². The Balaban J connectivity index is 1.29. The van der Waals surface area contributed by atoms with E-state index < -0.39 is 57.9 Å². The van der Waals surface area contributed by atoms with Crippen LogP contribution in [0.25, 0.3) is 0 Å². The van der Waals surface area contributed by atoms with Crippen LogP contribution < -0.4 is 5.32 Å². The Morgan fingerprint density at radius 1 is 1.06 bits per heavy atom. The number of ether oxygens (including phenoxy) is 5. The molecule has 13 nitrogen and oxygen atoms in total. The quantitative estimate of drug-likeness (QED) is 0.235. The summed E-state index contributed by atoms with van der Waals surface area (Å²) < 4.78 is 31.3. The summed E-state index contributed by atoms with van der Waals surface area (Å²) in [5.74, 6) is -3.79. The van der Waals surface area contributed by atoms with Gasteiger partial charge in [-0.1, -0.05) is 26.0 Å². The fraction of sp³-hybridized carbons (Fsp3) is 0.757. The van der Waals surface area contributed by atoms with Crippen molar-refractivity contribution in [1.29, 1.82) is 0 Å². The number of carboxylic acids is 1. The van der Waals surface area contributed by atoms with Crippen LogP contribution in [-0.2, 0) is 33.3 Å². The van der Waals surface area contributed by atoms with Crippen LogP contribution in [0.4, 0.5) is 5.69 Å². The molecule has 50 heavy (non-hydrogen) atoms. The van der Waals surface area contributed by atoms with E-state index in [1.165, 1.54) is 6.92 Å². The third-order valence-corrected chi connectivity index (χ3v) is 14.1. The summed E-state index contributed by atoms with van der Waals surface area (Å²) in [6.45, 7) is 4.72. The first-order valence-corrected chi connectivity index (χ1v) is 17.9. The normalized spacial score (nSPS) is 44.4. The van der Waals surface area contributed by atoms with Gasteiger partial charge in [0.2, 0.25) is 5.91 Å². The summed E-state index contributed by atoms with van der Waals surface area (Å²) in [5, 5.41) is 38.4. The molecule has 7 bridgehead atoms. The van der Waals surface area contributed by atoms with Crippen molar-refractivity contribution in [2.75, 3.05) is 53.5 Å². The second-order valence-corrected chi connectivity index (χ2v) is 15.8. The van der Waals surface area contributed by atoms with Crippen molar-refractivity contribution in [3.8, 4) is 0 Å². The molecule has 7 rings (SSSR count). The van der Waals surface area contributed by atoms with E-state index in [0.717, 1.165) is 6.42 Å². The molecule has 0 radical (unpaired) electrons. The van der Waals surface area contributed by atoms with Crippen molar-refractivity contribution in [3.63, 3.8) is 0 Å². The molecule has 276 valence electrons. The minimum atomic E-state index is -1.71. The SMILES string of the molecule is CCN1C[C@]2(COC(=O)c3ccccc3NC(=O)C(C)CC(=O)O)CCC(OC)C34C5CC6C(OC)C5[C@](O)(C[C@@H]6OC)[C@@](O)(C13)[C@@H](OC)C42. The number of likely N-dealkylation sites (tertiary alicyclic amines) is 1. The molecule has 1 aliphatic heterocycles. The Morgan fingerprint density at radius 3 is 2.44 bits per heavy atom. The van der Waals surface area contributed by atoms with Crippen molar-refractivity contribution in [2.45, 2.75) is 87.6 Å². The van der Waals surface area contributed by atoms with Crippen molar-refractivity contribution < 1.29 is 53.4 Å². The molecule has 5 saturated carbocycles. The minimum absolute atomic E-state index is 0.0270. The predicted octanol–water partition coefficient (Wildman–Crippen LogP) is 2.19. The number of esters is 1. The zero-order chi connectivity index (χ0) is 36.0.